The number of nitrogens with one attached hydrogen (secondary N) is 1. The van der Waals surface area contributed by atoms with Gasteiger partial charge in [0, 0.05) is 22.5 Å². The predicted octanol–water partition coefficient (Wildman–Crippen LogP) is 4.70. The van der Waals surface area contributed by atoms with Gasteiger partial charge >= 0.3 is 0 Å². The standard InChI is InChI=1S/C23H25N3O2/c1-5-8-21-16(3)25-26(17(21)4)23(28)18-11-13-19(14-12-18)24-22(27)20-10-7-6-9-15(20)2/h6-7,9-14H,5,8H2,1-4H3,(H,24,27). The maximum atomic E-state index is 12.8. The second kappa shape index (κ2) is 8.21. The zero-order valence-corrected chi connectivity index (χ0v) is 16.7. The Morgan fingerprint density at radius 1 is 1.00 bits per heavy atom. The number of aryl methyl sites for hydroxylation is 2. The van der Waals surface area contributed by atoms with Crippen LogP contribution < -0.4 is 5.32 Å². The van der Waals surface area contributed by atoms with E-state index < -0.39 is 0 Å². The minimum Gasteiger partial charge on any atom is -0.322 e. The molecule has 0 saturated heterocycles. The molecule has 5 heteroatoms. The smallest absolute Gasteiger partial charge is 0.278 e. The molecule has 1 N–H and O–H groups in total. The second-order valence-electron chi connectivity index (χ2n) is 6.96. The van der Waals surface area contributed by atoms with Gasteiger partial charge in [-0.2, -0.15) is 5.10 Å². The van der Waals surface area contributed by atoms with Crippen molar-refractivity contribution in [3.05, 3.63) is 82.2 Å². The monoisotopic (exact) mass is 375 g/mol. The summed E-state index contributed by atoms with van der Waals surface area (Å²) < 4.78 is 1.47. The molecule has 0 aliphatic rings. The zero-order valence-electron chi connectivity index (χ0n) is 16.7. The largest absolute Gasteiger partial charge is 0.322 e. The summed E-state index contributed by atoms with van der Waals surface area (Å²) in [5, 5.41) is 7.30. The van der Waals surface area contributed by atoms with Crippen molar-refractivity contribution in [2.75, 3.05) is 5.32 Å². The lowest BCUT2D eigenvalue weighted by atomic mass is 10.1. The molecule has 0 bridgehead atoms. The van der Waals surface area contributed by atoms with Crippen molar-refractivity contribution >= 4 is 17.5 Å². The number of nitrogens with zero attached hydrogens (tertiary/aromatic N) is 2. The Morgan fingerprint density at radius 2 is 1.68 bits per heavy atom. The first-order valence-corrected chi connectivity index (χ1v) is 9.49. The number of amides is 1. The summed E-state index contributed by atoms with van der Waals surface area (Å²) in [4.78, 5) is 25.3. The van der Waals surface area contributed by atoms with Gasteiger partial charge in [-0.3, -0.25) is 9.59 Å². The molecule has 2 aromatic carbocycles. The third-order valence-electron chi connectivity index (χ3n) is 4.91. The maximum absolute atomic E-state index is 12.8. The summed E-state index contributed by atoms with van der Waals surface area (Å²) in [6.45, 7) is 7.88. The Balaban J connectivity index is 1.77. The minimum atomic E-state index is -0.167. The van der Waals surface area contributed by atoms with Gasteiger partial charge in [-0.25, -0.2) is 4.68 Å². The lowest BCUT2D eigenvalue weighted by Gasteiger charge is -2.09. The predicted molar refractivity (Wildman–Crippen MR) is 111 cm³/mol. The number of carbonyl (C=O) groups excluding carboxylic acids is 2. The van der Waals surface area contributed by atoms with Crippen molar-refractivity contribution in [1.82, 2.24) is 9.78 Å². The van der Waals surface area contributed by atoms with Crippen LogP contribution in [0.4, 0.5) is 5.69 Å². The number of anilines is 1. The number of aromatic nitrogens is 2. The molecule has 28 heavy (non-hydrogen) atoms. The van der Waals surface area contributed by atoms with Crippen LogP contribution in [0.25, 0.3) is 0 Å². The molecule has 1 amide bonds. The van der Waals surface area contributed by atoms with Gasteiger partial charge in [0.05, 0.1) is 5.69 Å². The summed E-state index contributed by atoms with van der Waals surface area (Å²) in [7, 11) is 0. The molecule has 0 radical (unpaired) electrons. The van der Waals surface area contributed by atoms with Crippen molar-refractivity contribution in [3.63, 3.8) is 0 Å². The van der Waals surface area contributed by atoms with Gasteiger partial charge in [-0.15, -0.1) is 0 Å². The lowest BCUT2D eigenvalue weighted by Crippen LogP contribution is -2.16. The van der Waals surface area contributed by atoms with E-state index in [1.807, 2.05) is 39.0 Å². The molecule has 3 aromatic rings. The van der Waals surface area contributed by atoms with Crippen molar-refractivity contribution in [2.24, 2.45) is 0 Å². The van der Waals surface area contributed by atoms with Crippen molar-refractivity contribution in [3.8, 4) is 0 Å². The number of hydrogen-bond donors (Lipinski definition) is 1. The summed E-state index contributed by atoms with van der Waals surface area (Å²) >= 11 is 0. The number of benzene rings is 2. The molecule has 144 valence electrons. The van der Waals surface area contributed by atoms with Crippen LogP contribution in [0, 0.1) is 20.8 Å². The topological polar surface area (TPSA) is 64.0 Å². The summed E-state index contributed by atoms with van der Waals surface area (Å²) in [6, 6.07) is 14.3. The quantitative estimate of drug-likeness (QED) is 0.703. The van der Waals surface area contributed by atoms with E-state index in [9.17, 15) is 9.59 Å². The summed E-state index contributed by atoms with van der Waals surface area (Å²) in [5.41, 5.74) is 5.65. The Kier molecular flexibility index (Phi) is 5.73. The molecule has 0 spiro atoms. The molecular formula is C23H25N3O2. The molecule has 0 atom stereocenters. The number of rotatable bonds is 5. The van der Waals surface area contributed by atoms with E-state index in [-0.39, 0.29) is 11.8 Å². The first-order valence-electron chi connectivity index (χ1n) is 9.49. The maximum Gasteiger partial charge on any atom is 0.278 e. The van der Waals surface area contributed by atoms with Crippen molar-refractivity contribution in [2.45, 2.75) is 40.5 Å². The molecule has 3 rings (SSSR count). The average molecular weight is 375 g/mol. The van der Waals surface area contributed by atoms with E-state index in [4.69, 9.17) is 0 Å². The van der Waals surface area contributed by atoms with Gasteiger partial charge in [-0.1, -0.05) is 31.5 Å². The Morgan fingerprint density at radius 3 is 2.32 bits per heavy atom. The minimum absolute atomic E-state index is 0.167. The molecule has 1 heterocycles. The summed E-state index contributed by atoms with van der Waals surface area (Å²) in [5.74, 6) is -0.334. The van der Waals surface area contributed by atoms with E-state index in [0.29, 0.717) is 16.8 Å². The van der Waals surface area contributed by atoms with Crippen LogP contribution >= 0.6 is 0 Å². The highest BCUT2D eigenvalue weighted by Gasteiger charge is 2.17. The third-order valence-corrected chi connectivity index (χ3v) is 4.91. The fourth-order valence-electron chi connectivity index (χ4n) is 3.33. The highest BCUT2D eigenvalue weighted by molar-refractivity contribution is 6.05. The van der Waals surface area contributed by atoms with Crippen LogP contribution in [-0.2, 0) is 6.42 Å². The van der Waals surface area contributed by atoms with E-state index in [1.54, 1.807) is 30.3 Å². The van der Waals surface area contributed by atoms with Crippen LogP contribution in [0.1, 0.15) is 56.6 Å². The fraction of sp³-hybridized carbons (Fsp3) is 0.261. The summed E-state index contributed by atoms with van der Waals surface area (Å²) in [6.07, 6.45) is 1.92. The lowest BCUT2D eigenvalue weighted by molar-refractivity contribution is 0.0941. The molecule has 0 unspecified atom stereocenters. The van der Waals surface area contributed by atoms with E-state index in [2.05, 4.69) is 17.3 Å². The first kappa shape index (κ1) is 19.5. The van der Waals surface area contributed by atoms with E-state index >= 15 is 0 Å². The zero-order chi connectivity index (χ0) is 20.3. The van der Waals surface area contributed by atoms with E-state index in [0.717, 1.165) is 35.4 Å². The Labute approximate surface area is 165 Å². The van der Waals surface area contributed by atoms with Crippen LogP contribution in [0.3, 0.4) is 0 Å². The highest BCUT2D eigenvalue weighted by Crippen LogP contribution is 2.18. The normalized spacial score (nSPS) is 10.7. The number of hydrogen-bond acceptors (Lipinski definition) is 3. The molecule has 0 fully saturated rings. The van der Waals surface area contributed by atoms with Crippen LogP contribution in [0.5, 0.6) is 0 Å². The third kappa shape index (κ3) is 3.88. The second-order valence-corrected chi connectivity index (χ2v) is 6.96. The fourth-order valence-corrected chi connectivity index (χ4v) is 3.33. The van der Waals surface area contributed by atoms with Gasteiger partial charge in [0.25, 0.3) is 11.8 Å². The number of carbonyl (C=O) groups is 2. The van der Waals surface area contributed by atoms with Crippen LogP contribution in [-0.4, -0.2) is 21.6 Å². The Bertz CT molecular complexity index is 1020. The molecule has 1 aromatic heterocycles. The van der Waals surface area contributed by atoms with Crippen molar-refractivity contribution in [1.29, 1.82) is 0 Å². The molecule has 0 saturated carbocycles. The van der Waals surface area contributed by atoms with E-state index in [1.165, 1.54) is 4.68 Å². The van der Waals surface area contributed by atoms with Crippen LogP contribution in [0.2, 0.25) is 0 Å². The van der Waals surface area contributed by atoms with Gasteiger partial charge in [0.15, 0.2) is 0 Å². The molecule has 0 aliphatic carbocycles. The van der Waals surface area contributed by atoms with Gasteiger partial charge in [0.1, 0.15) is 0 Å². The average Bonchev–Trinajstić information content (AvgIpc) is 2.97. The van der Waals surface area contributed by atoms with Crippen molar-refractivity contribution < 1.29 is 9.59 Å². The SMILES string of the molecule is CCCc1c(C)nn(C(=O)c2ccc(NC(=O)c3ccccc3C)cc2)c1C. The van der Waals surface area contributed by atoms with Gasteiger partial charge in [0.2, 0.25) is 0 Å². The Hall–Kier alpha value is -3.21. The van der Waals surface area contributed by atoms with Crippen LogP contribution in [0.15, 0.2) is 48.5 Å². The molecule has 0 aliphatic heterocycles. The molecular weight excluding hydrogens is 350 g/mol. The van der Waals surface area contributed by atoms with Gasteiger partial charge < -0.3 is 5.32 Å². The first-order chi connectivity index (χ1) is 13.4. The van der Waals surface area contributed by atoms with Gasteiger partial charge in [-0.05, 0) is 68.7 Å². The highest BCUT2D eigenvalue weighted by atomic mass is 16.2. The molecule has 5 nitrogen and oxygen atoms in total.